The number of nitrogens with zero attached hydrogens (tertiary/aromatic N) is 2. The lowest BCUT2D eigenvalue weighted by Crippen LogP contribution is -2.42. The second kappa shape index (κ2) is 8.27. The van der Waals surface area contributed by atoms with Crippen molar-refractivity contribution in [1.82, 2.24) is 9.97 Å². The number of aliphatic hydroxyl groups is 2. The first-order chi connectivity index (χ1) is 12.6. The molecule has 2 aromatic carbocycles. The quantitative estimate of drug-likeness (QED) is 0.557. The third-order valence-electron chi connectivity index (χ3n) is 4.40. The predicted octanol–water partition coefficient (Wildman–Crippen LogP) is 3.21. The Bertz CT molecular complexity index is 833. The van der Waals surface area contributed by atoms with E-state index in [1.54, 1.807) is 12.3 Å². The molecule has 0 spiro atoms. The molecule has 0 saturated heterocycles. The number of rotatable bonds is 7. The van der Waals surface area contributed by atoms with Crippen molar-refractivity contribution in [2.45, 2.75) is 11.5 Å². The van der Waals surface area contributed by atoms with Crippen molar-refractivity contribution < 1.29 is 10.2 Å². The average molecular weight is 370 g/mol. The van der Waals surface area contributed by atoms with E-state index in [9.17, 15) is 10.2 Å². The molecule has 5 nitrogen and oxygen atoms in total. The molecule has 134 valence electrons. The molecule has 3 rings (SSSR count). The van der Waals surface area contributed by atoms with Crippen molar-refractivity contribution in [1.29, 1.82) is 0 Å². The molecule has 26 heavy (non-hydrogen) atoms. The molecule has 0 aliphatic carbocycles. The van der Waals surface area contributed by atoms with Gasteiger partial charge in [-0.05, 0) is 28.8 Å². The van der Waals surface area contributed by atoms with Gasteiger partial charge < -0.3 is 15.5 Å². The van der Waals surface area contributed by atoms with Gasteiger partial charge in [-0.3, -0.25) is 0 Å². The monoisotopic (exact) mass is 369 g/mol. The molecule has 2 atom stereocenters. The third kappa shape index (κ3) is 4.02. The fourth-order valence-electron chi connectivity index (χ4n) is 3.03. The number of anilines is 1. The summed E-state index contributed by atoms with van der Waals surface area (Å²) >= 11 is 5.83. The average Bonchev–Trinajstić information content (AvgIpc) is 2.68. The molecule has 2 unspecified atom stereocenters. The van der Waals surface area contributed by atoms with E-state index in [1.807, 2.05) is 60.7 Å². The minimum atomic E-state index is -1.35. The maximum Gasteiger partial charge on any atom is 0.224 e. The molecule has 3 N–H and O–H groups in total. The Hall–Kier alpha value is -2.47. The van der Waals surface area contributed by atoms with Crippen LogP contribution in [0.1, 0.15) is 17.0 Å². The zero-order valence-electron chi connectivity index (χ0n) is 14.1. The topological polar surface area (TPSA) is 78.3 Å². The van der Waals surface area contributed by atoms with Crippen molar-refractivity contribution in [2.75, 3.05) is 18.5 Å². The second-order valence-electron chi connectivity index (χ2n) is 6.00. The van der Waals surface area contributed by atoms with E-state index < -0.39 is 11.5 Å². The van der Waals surface area contributed by atoms with Crippen LogP contribution in [0.25, 0.3) is 0 Å². The lowest BCUT2D eigenvalue weighted by molar-refractivity contribution is 0.000272. The highest BCUT2D eigenvalue weighted by Crippen LogP contribution is 2.37. The van der Waals surface area contributed by atoms with E-state index in [-0.39, 0.29) is 18.4 Å². The van der Waals surface area contributed by atoms with Crippen LogP contribution in [0, 0.1) is 0 Å². The summed E-state index contributed by atoms with van der Waals surface area (Å²) in [7, 11) is 0. The van der Waals surface area contributed by atoms with Crippen LogP contribution in [0.4, 0.5) is 5.82 Å². The fourth-order valence-corrected chi connectivity index (χ4v) is 3.18. The Morgan fingerprint density at radius 2 is 1.65 bits per heavy atom. The molecule has 0 fully saturated rings. The van der Waals surface area contributed by atoms with Gasteiger partial charge in [-0.1, -0.05) is 60.7 Å². The first-order valence-corrected chi connectivity index (χ1v) is 8.67. The SMILES string of the molecule is OCC(c1ccccc1)C(O)(CNc1ccnc(Cl)n1)c1ccccc1. The highest BCUT2D eigenvalue weighted by Gasteiger charge is 2.39. The normalized spacial score (nSPS) is 14.4. The first kappa shape index (κ1) is 18.3. The maximum atomic E-state index is 11.6. The summed E-state index contributed by atoms with van der Waals surface area (Å²) in [5, 5.41) is 24.9. The van der Waals surface area contributed by atoms with E-state index in [4.69, 9.17) is 11.6 Å². The number of benzene rings is 2. The highest BCUT2D eigenvalue weighted by atomic mass is 35.5. The van der Waals surface area contributed by atoms with Gasteiger partial charge in [-0.15, -0.1) is 0 Å². The van der Waals surface area contributed by atoms with Gasteiger partial charge in [-0.25, -0.2) is 9.97 Å². The lowest BCUT2D eigenvalue weighted by Gasteiger charge is -2.36. The Labute approximate surface area is 157 Å². The van der Waals surface area contributed by atoms with Crippen LogP contribution in [0.3, 0.4) is 0 Å². The van der Waals surface area contributed by atoms with E-state index >= 15 is 0 Å². The summed E-state index contributed by atoms with van der Waals surface area (Å²) < 4.78 is 0. The van der Waals surface area contributed by atoms with E-state index in [1.165, 1.54) is 0 Å². The Kier molecular flexibility index (Phi) is 5.83. The Balaban J connectivity index is 1.96. The van der Waals surface area contributed by atoms with Crippen molar-refractivity contribution in [3.63, 3.8) is 0 Å². The molecule has 0 aliphatic rings. The number of aliphatic hydroxyl groups excluding tert-OH is 1. The van der Waals surface area contributed by atoms with Crippen molar-refractivity contribution in [2.24, 2.45) is 0 Å². The third-order valence-corrected chi connectivity index (χ3v) is 4.58. The summed E-state index contributed by atoms with van der Waals surface area (Å²) in [6.07, 6.45) is 1.54. The van der Waals surface area contributed by atoms with E-state index in [0.29, 0.717) is 11.4 Å². The van der Waals surface area contributed by atoms with Crippen LogP contribution in [0.5, 0.6) is 0 Å². The number of aromatic nitrogens is 2. The zero-order valence-corrected chi connectivity index (χ0v) is 14.8. The first-order valence-electron chi connectivity index (χ1n) is 8.29. The summed E-state index contributed by atoms with van der Waals surface area (Å²) in [5.41, 5.74) is 0.203. The molecular weight excluding hydrogens is 350 g/mol. The minimum absolute atomic E-state index is 0.125. The van der Waals surface area contributed by atoms with Gasteiger partial charge in [0.25, 0.3) is 0 Å². The second-order valence-corrected chi connectivity index (χ2v) is 6.34. The van der Waals surface area contributed by atoms with Crippen molar-refractivity contribution in [3.05, 3.63) is 89.3 Å². The lowest BCUT2D eigenvalue weighted by atomic mass is 9.77. The molecular formula is C20H20ClN3O2. The van der Waals surface area contributed by atoms with Crippen molar-refractivity contribution in [3.8, 4) is 0 Å². The van der Waals surface area contributed by atoms with Crippen LogP contribution in [0.2, 0.25) is 5.28 Å². The number of nitrogens with one attached hydrogen (secondary N) is 1. The molecule has 0 radical (unpaired) electrons. The number of hydrogen-bond donors (Lipinski definition) is 3. The van der Waals surface area contributed by atoms with E-state index in [0.717, 1.165) is 5.56 Å². The molecule has 0 bridgehead atoms. The van der Waals surface area contributed by atoms with E-state index in [2.05, 4.69) is 15.3 Å². The number of hydrogen-bond acceptors (Lipinski definition) is 5. The summed E-state index contributed by atoms with van der Waals surface area (Å²) in [6.45, 7) is -0.0634. The zero-order chi connectivity index (χ0) is 18.4. The minimum Gasteiger partial charge on any atom is -0.396 e. The Morgan fingerprint density at radius 3 is 2.27 bits per heavy atom. The van der Waals surface area contributed by atoms with Crippen LogP contribution in [0.15, 0.2) is 72.9 Å². The molecule has 0 aliphatic heterocycles. The van der Waals surface area contributed by atoms with Crippen LogP contribution < -0.4 is 5.32 Å². The summed E-state index contributed by atoms with van der Waals surface area (Å²) in [6, 6.07) is 20.5. The summed E-state index contributed by atoms with van der Waals surface area (Å²) in [5.74, 6) is -0.0139. The standard InChI is InChI=1S/C20H20ClN3O2/c21-19-22-12-11-18(24-19)23-14-20(26,16-9-5-2-6-10-16)17(13-25)15-7-3-1-4-8-15/h1-12,17,25-26H,13-14H2,(H,22,23,24). The molecule has 1 heterocycles. The molecule has 3 aromatic rings. The molecule has 0 amide bonds. The maximum absolute atomic E-state index is 11.6. The highest BCUT2D eigenvalue weighted by molar-refractivity contribution is 6.28. The van der Waals surface area contributed by atoms with Gasteiger partial charge in [0.15, 0.2) is 0 Å². The molecule has 6 heteroatoms. The van der Waals surface area contributed by atoms with Gasteiger partial charge >= 0.3 is 0 Å². The van der Waals surface area contributed by atoms with Gasteiger partial charge in [0.05, 0.1) is 6.61 Å². The van der Waals surface area contributed by atoms with Crippen LogP contribution >= 0.6 is 11.6 Å². The van der Waals surface area contributed by atoms with Gasteiger partial charge in [0, 0.05) is 18.7 Å². The van der Waals surface area contributed by atoms with Crippen LogP contribution in [-0.4, -0.2) is 33.3 Å². The predicted molar refractivity (Wildman–Crippen MR) is 102 cm³/mol. The fraction of sp³-hybridized carbons (Fsp3) is 0.200. The van der Waals surface area contributed by atoms with Crippen LogP contribution in [-0.2, 0) is 5.60 Å². The van der Waals surface area contributed by atoms with Gasteiger partial charge in [0.1, 0.15) is 11.4 Å². The van der Waals surface area contributed by atoms with Gasteiger partial charge in [0.2, 0.25) is 5.28 Å². The summed E-state index contributed by atoms with van der Waals surface area (Å²) in [4.78, 5) is 7.95. The number of halogens is 1. The Morgan fingerprint density at radius 1 is 1.00 bits per heavy atom. The largest absolute Gasteiger partial charge is 0.396 e. The molecule has 0 saturated carbocycles. The van der Waals surface area contributed by atoms with Crippen molar-refractivity contribution >= 4 is 17.4 Å². The van der Waals surface area contributed by atoms with Gasteiger partial charge in [-0.2, -0.15) is 0 Å². The smallest absolute Gasteiger partial charge is 0.224 e. The molecule has 1 aromatic heterocycles.